The SMILES string of the molecule is CN(C)Nc1cccc(-c2c[nH]c(=O)c(NC(=O)c3ccc(N4CCCCC4)cc3)c2)n1. The Balaban J connectivity index is 1.50. The first kappa shape index (κ1) is 21.6. The second-order valence-corrected chi connectivity index (χ2v) is 8.09. The number of pyridine rings is 2. The third-order valence-electron chi connectivity index (χ3n) is 5.39. The number of nitrogens with zero attached hydrogens (tertiary/aromatic N) is 3. The number of H-pyrrole nitrogens is 1. The molecule has 0 saturated carbocycles. The monoisotopic (exact) mass is 432 g/mol. The van der Waals surface area contributed by atoms with Gasteiger partial charge in [0.2, 0.25) is 0 Å². The zero-order chi connectivity index (χ0) is 22.5. The molecule has 2 aromatic heterocycles. The highest BCUT2D eigenvalue weighted by Crippen LogP contribution is 2.22. The van der Waals surface area contributed by atoms with Crippen molar-refractivity contribution in [1.29, 1.82) is 0 Å². The summed E-state index contributed by atoms with van der Waals surface area (Å²) in [5, 5.41) is 4.53. The van der Waals surface area contributed by atoms with Gasteiger partial charge in [0.15, 0.2) is 0 Å². The van der Waals surface area contributed by atoms with Gasteiger partial charge >= 0.3 is 0 Å². The fourth-order valence-corrected chi connectivity index (χ4v) is 3.78. The normalized spacial score (nSPS) is 13.8. The van der Waals surface area contributed by atoms with Crippen molar-refractivity contribution in [2.75, 3.05) is 42.8 Å². The minimum absolute atomic E-state index is 0.181. The number of nitrogens with one attached hydrogen (secondary N) is 3. The maximum absolute atomic E-state index is 12.8. The standard InChI is InChI=1S/C24H28N6O2/c1-29(2)28-22-8-6-7-20(26-22)18-15-21(24(32)25-16-18)27-23(31)17-9-11-19(12-10-17)30-13-4-3-5-14-30/h6-12,15-16H,3-5,13-14H2,1-2H3,(H,25,32)(H,26,28)(H,27,31). The smallest absolute Gasteiger partial charge is 0.271 e. The first-order chi connectivity index (χ1) is 15.5. The molecule has 1 saturated heterocycles. The molecule has 1 aliphatic heterocycles. The number of hydrogen-bond donors (Lipinski definition) is 3. The molecular weight excluding hydrogens is 404 g/mol. The summed E-state index contributed by atoms with van der Waals surface area (Å²) in [6, 6.07) is 14.7. The average Bonchev–Trinajstić information content (AvgIpc) is 2.81. The van der Waals surface area contributed by atoms with Gasteiger partial charge in [0, 0.05) is 50.2 Å². The van der Waals surface area contributed by atoms with E-state index in [-0.39, 0.29) is 17.2 Å². The van der Waals surface area contributed by atoms with E-state index < -0.39 is 0 Å². The first-order valence-corrected chi connectivity index (χ1v) is 10.8. The molecule has 0 bridgehead atoms. The molecule has 32 heavy (non-hydrogen) atoms. The fourth-order valence-electron chi connectivity index (χ4n) is 3.78. The summed E-state index contributed by atoms with van der Waals surface area (Å²) in [6.45, 7) is 2.10. The molecule has 166 valence electrons. The van der Waals surface area contributed by atoms with E-state index >= 15 is 0 Å². The number of hydrogen-bond acceptors (Lipinski definition) is 6. The number of piperidine rings is 1. The second-order valence-electron chi connectivity index (χ2n) is 8.09. The van der Waals surface area contributed by atoms with E-state index in [4.69, 9.17) is 0 Å². The van der Waals surface area contributed by atoms with E-state index in [1.165, 1.54) is 19.3 Å². The lowest BCUT2D eigenvalue weighted by atomic mass is 10.1. The average molecular weight is 433 g/mol. The van der Waals surface area contributed by atoms with E-state index in [0.717, 1.165) is 18.8 Å². The number of carbonyl (C=O) groups excluding carboxylic acids is 1. The van der Waals surface area contributed by atoms with Crippen LogP contribution >= 0.6 is 0 Å². The number of hydrazine groups is 1. The molecule has 8 heteroatoms. The largest absolute Gasteiger partial charge is 0.372 e. The van der Waals surface area contributed by atoms with Crippen molar-refractivity contribution < 1.29 is 4.79 Å². The van der Waals surface area contributed by atoms with Crippen molar-refractivity contribution in [1.82, 2.24) is 15.0 Å². The van der Waals surface area contributed by atoms with Crippen molar-refractivity contribution in [3.63, 3.8) is 0 Å². The quantitative estimate of drug-likeness (QED) is 0.516. The van der Waals surface area contributed by atoms with Crippen LogP contribution in [0.2, 0.25) is 0 Å². The number of rotatable bonds is 6. The van der Waals surface area contributed by atoms with Gasteiger partial charge in [-0.1, -0.05) is 6.07 Å². The molecule has 1 aromatic carbocycles. The molecule has 0 atom stereocenters. The van der Waals surface area contributed by atoms with E-state index in [1.807, 2.05) is 44.4 Å². The molecule has 3 heterocycles. The Morgan fingerprint density at radius 2 is 1.81 bits per heavy atom. The van der Waals surface area contributed by atoms with Gasteiger partial charge in [-0.05, 0) is 61.7 Å². The van der Waals surface area contributed by atoms with Crippen LogP contribution < -0.4 is 21.2 Å². The van der Waals surface area contributed by atoms with Crippen LogP contribution in [-0.2, 0) is 0 Å². The van der Waals surface area contributed by atoms with Crippen molar-refractivity contribution in [2.45, 2.75) is 19.3 Å². The van der Waals surface area contributed by atoms with Crippen LogP contribution in [0.15, 0.2) is 59.5 Å². The van der Waals surface area contributed by atoms with Gasteiger partial charge in [-0.3, -0.25) is 9.59 Å². The van der Waals surface area contributed by atoms with Crippen molar-refractivity contribution in [2.24, 2.45) is 0 Å². The summed E-state index contributed by atoms with van der Waals surface area (Å²) in [4.78, 5) is 34.7. The van der Waals surface area contributed by atoms with Gasteiger partial charge in [0.25, 0.3) is 11.5 Å². The van der Waals surface area contributed by atoms with Gasteiger partial charge in [-0.25, -0.2) is 9.99 Å². The lowest BCUT2D eigenvalue weighted by Gasteiger charge is -2.28. The predicted octanol–water partition coefficient (Wildman–Crippen LogP) is 3.57. The molecule has 3 N–H and O–H groups in total. The van der Waals surface area contributed by atoms with Crippen LogP contribution in [0.1, 0.15) is 29.6 Å². The van der Waals surface area contributed by atoms with Gasteiger partial charge in [-0.2, -0.15) is 0 Å². The third-order valence-corrected chi connectivity index (χ3v) is 5.39. The molecule has 1 fully saturated rings. The number of benzene rings is 1. The van der Waals surface area contributed by atoms with Crippen LogP contribution in [0.3, 0.4) is 0 Å². The molecule has 0 spiro atoms. The molecule has 1 aliphatic rings. The van der Waals surface area contributed by atoms with Crippen LogP contribution in [-0.4, -0.2) is 48.1 Å². The van der Waals surface area contributed by atoms with Gasteiger partial charge in [0.1, 0.15) is 11.5 Å². The molecular formula is C24H28N6O2. The zero-order valence-electron chi connectivity index (χ0n) is 18.4. The Morgan fingerprint density at radius 3 is 2.53 bits per heavy atom. The van der Waals surface area contributed by atoms with Crippen LogP contribution in [0.5, 0.6) is 0 Å². The maximum atomic E-state index is 12.8. The molecule has 0 aliphatic carbocycles. The molecule has 8 nitrogen and oxygen atoms in total. The van der Waals surface area contributed by atoms with E-state index in [0.29, 0.717) is 22.6 Å². The molecule has 1 amide bonds. The predicted molar refractivity (Wildman–Crippen MR) is 128 cm³/mol. The van der Waals surface area contributed by atoms with Gasteiger partial charge < -0.3 is 20.6 Å². The highest BCUT2D eigenvalue weighted by atomic mass is 16.2. The van der Waals surface area contributed by atoms with E-state index in [2.05, 4.69) is 25.6 Å². The summed E-state index contributed by atoms with van der Waals surface area (Å²) in [5.74, 6) is 0.354. The Morgan fingerprint density at radius 1 is 1.06 bits per heavy atom. The molecule has 4 rings (SSSR count). The van der Waals surface area contributed by atoms with E-state index in [9.17, 15) is 9.59 Å². The van der Waals surface area contributed by atoms with Crippen LogP contribution in [0.4, 0.5) is 17.2 Å². The molecule has 3 aromatic rings. The van der Waals surface area contributed by atoms with E-state index in [1.54, 1.807) is 29.4 Å². The van der Waals surface area contributed by atoms with Gasteiger partial charge in [-0.15, -0.1) is 0 Å². The number of amides is 1. The van der Waals surface area contributed by atoms with Crippen molar-refractivity contribution >= 4 is 23.1 Å². The molecule has 0 radical (unpaired) electrons. The van der Waals surface area contributed by atoms with Crippen LogP contribution in [0.25, 0.3) is 11.3 Å². The maximum Gasteiger partial charge on any atom is 0.271 e. The van der Waals surface area contributed by atoms with Crippen LogP contribution in [0, 0.1) is 0 Å². The fraction of sp³-hybridized carbons (Fsp3) is 0.292. The molecule has 0 unspecified atom stereocenters. The highest BCUT2D eigenvalue weighted by Gasteiger charge is 2.14. The summed E-state index contributed by atoms with van der Waals surface area (Å²) in [7, 11) is 3.75. The lowest BCUT2D eigenvalue weighted by Crippen LogP contribution is -2.29. The Labute approximate surface area is 187 Å². The Kier molecular flexibility index (Phi) is 6.51. The zero-order valence-corrected chi connectivity index (χ0v) is 18.4. The van der Waals surface area contributed by atoms with Crippen molar-refractivity contribution in [3.05, 3.63) is 70.6 Å². The number of anilines is 3. The lowest BCUT2D eigenvalue weighted by molar-refractivity contribution is 0.102. The van der Waals surface area contributed by atoms with Crippen molar-refractivity contribution in [3.8, 4) is 11.3 Å². The summed E-state index contributed by atoms with van der Waals surface area (Å²) < 4.78 is 0. The number of aromatic amines is 1. The summed E-state index contributed by atoms with van der Waals surface area (Å²) >= 11 is 0. The second kappa shape index (κ2) is 9.65. The first-order valence-electron chi connectivity index (χ1n) is 10.8. The number of carbonyl (C=O) groups is 1. The third kappa shape index (κ3) is 5.15. The van der Waals surface area contributed by atoms with Gasteiger partial charge in [0.05, 0.1) is 5.69 Å². The summed E-state index contributed by atoms with van der Waals surface area (Å²) in [5.41, 5.74) is 5.92. The number of aromatic nitrogens is 2. The Hall–Kier alpha value is -3.65. The minimum Gasteiger partial charge on any atom is -0.372 e. The Bertz CT molecular complexity index is 1130. The topological polar surface area (TPSA) is 93.4 Å². The minimum atomic E-state index is -0.366. The summed E-state index contributed by atoms with van der Waals surface area (Å²) in [6.07, 6.45) is 5.26. The highest BCUT2D eigenvalue weighted by molar-refractivity contribution is 6.04.